The Morgan fingerprint density at radius 2 is 1.94 bits per heavy atom. The van der Waals surface area contributed by atoms with Crippen LogP contribution in [0.5, 0.6) is 0 Å². The van der Waals surface area contributed by atoms with Crippen molar-refractivity contribution in [1.29, 1.82) is 0 Å². The summed E-state index contributed by atoms with van der Waals surface area (Å²) in [6, 6.07) is 16.9. The van der Waals surface area contributed by atoms with Crippen LogP contribution >= 0.6 is 11.3 Å². The minimum atomic E-state index is -3.50. The summed E-state index contributed by atoms with van der Waals surface area (Å²) in [7, 11) is -3.50. The minimum Gasteiger partial charge on any atom is -0.321 e. The fourth-order valence-electron chi connectivity index (χ4n) is 4.60. The third-order valence-electron chi connectivity index (χ3n) is 6.65. The van der Waals surface area contributed by atoms with Crippen molar-refractivity contribution in [1.82, 2.24) is 20.2 Å². The van der Waals surface area contributed by atoms with Crippen molar-refractivity contribution in [2.75, 3.05) is 19.6 Å². The zero-order valence-electron chi connectivity index (χ0n) is 20.4. The molecule has 36 heavy (non-hydrogen) atoms. The highest BCUT2D eigenvalue weighted by Gasteiger charge is 2.22. The average Bonchev–Trinajstić information content (AvgIpc) is 3.31. The summed E-state index contributed by atoms with van der Waals surface area (Å²) in [4.78, 5) is 23.1. The number of aromatic nitrogens is 2. The monoisotopic (exact) mass is 522 g/mol. The third-order valence-corrected chi connectivity index (χ3v) is 9.33. The van der Waals surface area contributed by atoms with E-state index in [1.807, 2.05) is 18.2 Å². The van der Waals surface area contributed by atoms with E-state index in [-0.39, 0.29) is 16.2 Å². The quantitative estimate of drug-likeness (QED) is 0.380. The van der Waals surface area contributed by atoms with E-state index in [0.29, 0.717) is 28.2 Å². The predicted octanol–water partition coefficient (Wildman–Crippen LogP) is 4.06. The molecular weight excluding hydrogens is 492 g/mol. The molecule has 7 nitrogen and oxygen atoms in total. The molecule has 4 aromatic rings. The summed E-state index contributed by atoms with van der Waals surface area (Å²) in [5, 5.41) is 6.71. The van der Waals surface area contributed by atoms with E-state index in [2.05, 4.69) is 40.1 Å². The van der Waals surface area contributed by atoms with Gasteiger partial charge in [-0.3, -0.25) is 9.69 Å². The van der Waals surface area contributed by atoms with Crippen LogP contribution in [0, 0.1) is 5.92 Å². The number of piperazine rings is 1. The van der Waals surface area contributed by atoms with Gasteiger partial charge in [-0.25, -0.2) is 13.4 Å². The maximum atomic E-state index is 12.9. The molecule has 5 rings (SSSR count). The van der Waals surface area contributed by atoms with Crippen LogP contribution in [0.25, 0.3) is 22.2 Å². The number of benzene rings is 2. The summed E-state index contributed by atoms with van der Waals surface area (Å²) in [5.41, 5.74) is 2.66. The van der Waals surface area contributed by atoms with Gasteiger partial charge >= 0.3 is 0 Å². The van der Waals surface area contributed by atoms with E-state index in [4.69, 9.17) is 0 Å². The lowest BCUT2D eigenvalue weighted by atomic mass is 10.0. The van der Waals surface area contributed by atoms with Crippen molar-refractivity contribution in [3.8, 4) is 11.3 Å². The Kier molecular flexibility index (Phi) is 7.07. The molecule has 0 amide bonds. The second-order valence-corrected chi connectivity index (χ2v) is 12.6. The number of rotatable bonds is 7. The molecule has 1 aliphatic rings. The van der Waals surface area contributed by atoms with Gasteiger partial charge < -0.3 is 10.3 Å². The van der Waals surface area contributed by atoms with Gasteiger partial charge in [0.05, 0.1) is 16.2 Å². The molecule has 1 aliphatic heterocycles. The van der Waals surface area contributed by atoms with Crippen LogP contribution in [0.15, 0.2) is 69.7 Å². The number of nitrogens with zero attached hydrogens (tertiary/aromatic N) is 2. The lowest BCUT2D eigenvalue weighted by Gasteiger charge is -2.35. The van der Waals surface area contributed by atoms with E-state index < -0.39 is 9.84 Å². The Labute approximate surface area is 215 Å². The molecule has 188 valence electrons. The van der Waals surface area contributed by atoms with E-state index in [0.717, 1.165) is 42.6 Å². The largest absolute Gasteiger partial charge is 0.321 e. The minimum absolute atomic E-state index is 0.194. The smallest absolute Gasteiger partial charge is 0.257 e. The highest BCUT2D eigenvalue weighted by molar-refractivity contribution is 7.90. The molecule has 1 saturated heterocycles. The average molecular weight is 523 g/mol. The molecule has 2 aromatic heterocycles. The van der Waals surface area contributed by atoms with Gasteiger partial charge in [0.15, 0.2) is 9.84 Å². The Balaban J connectivity index is 1.35. The number of H-pyrrole nitrogens is 1. The zero-order chi connectivity index (χ0) is 25.3. The second-order valence-electron chi connectivity index (χ2n) is 9.67. The topological polar surface area (TPSA) is 95.2 Å². The molecule has 0 saturated carbocycles. The van der Waals surface area contributed by atoms with Crippen molar-refractivity contribution in [2.24, 2.45) is 5.92 Å². The first-order valence-electron chi connectivity index (χ1n) is 12.1. The number of pyridine rings is 1. The number of hydrogen-bond acceptors (Lipinski definition) is 7. The zero-order valence-corrected chi connectivity index (χ0v) is 22.0. The van der Waals surface area contributed by atoms with E-state index in [9.17, 15) is 13.2 Å². The van der Waals surface area contributed by atoms with Crippen LogP contribution < -0.4 is 10.9 Å². The second kappa shape index (κ2) is 10.3. The summed E-state index contributed by atoms with van der Waals surface area (Å²) < 4.78 is 25.4. The normalized spacial score (nSPS) is 17.1. The number of hydrogen-bond donors (Lipinski definition) is 2. The fraction of sp³-hybridized carbons (Fsp3) is 0.333. The molecule has 2 N–H and O–H groups in total. The van der Waals surface area contributed by atoms with Gasteiger partial charge in [-0.15, -0.1) is 11.3 Å². The molecule has 9 heteroatoms. The fourth-order valence-corrected chi connectivity index (χ4v) is 7.05. The van der Waals surface area contributed by atoms with E-state index in [1.165, 1.54) is 11.3 Å². The molecular formula is C27H30N4O3S2. The van der Waals surface area contributed by atoms with Crippen LogP contribution in [0.3, 0.4) is 0 Å². The highest BCUT2D eigenvalue weighted by Crippen LogP contribution is 2.25. The molecule has 1 atom stereocenters. The standard InChI is InChI=1S/C27H30N4O3S2/c1-18(2)24-15-31(11-10-28-24)14-19-8-9-20-13-22(27(32)30-23(20)12-19)25-16-35-26(29-25)17-36(33,34)21-6-4-3-5-7-21/h3-9,12-13,16,18,24,28H,10-11,14-15,17H2,1-2H3,(H,30,32)/t24-/m1/s1. The van der Waals surface area contributed by atoms with E-state index >= 15 is 0 Å². The van der Waals surface area contributed by atoms with Crippen molar-refractivity contribution in [2.45, 2.75) is 37.1 Å². The van der Waals surface area contributed by atoms with Gasteiger partial charge in [-0.05, 0) is 41.1 Å². The first-order chi connectivity index (χ1) is 17.3. The number of sulfone groups is 1. The van der Waals surface area contributed by atoms with Crippen molar-refractivity contribution < 1.29 is 8.42 Å². The van der Waals surface area contributed by atoms with Crippen molar-refractivity contribution in [3.05, 3.63) is 80.9 Å². The number of aromatic amines is 1. The SMILES string of the molecule is CC(C)[C@H]1CN(Cc2ccc3cc(-c4csc(CS(=O)(=O)c5ccccc5)n4)c(=O)[nH]c3c2)CCN1. The maximum Gasteiger partial charge on any atom is 0.257 e. The number of thiazole rings is 1. The van der Waals surface area contributed by atoms with Crippen LogP contribution in [0.4, 0.5) is 0 Å². The van der Waals surface area contributed by atoms with Crippen molar-refractivity contribution in [3.63, 3.8) is 0 Å². The lowest BCUT2D eigenvalue weighted by molar-refractivity contribution is 0.168. The molecule has 0 aliphatic carbocycles. The van der Waals surface area contributed by atoms with Gasteiger partial charge in [-0.2, -0.15) is 0 Å². The van der Waals surface area contributed by atoms with Crippen molar-refractivity contribution >= 4 is 32.1 Å². The Morgan fingerprint density at radius 1 is 1.14 bits per heavy atom. The lowest BCUT2D eigenvalue weighted by Crippen LogP contribution is -2.52. The van der Waals surface area contributed by atoms with Gasteiger partial charge in [-0.1, -0.05) is 44.2 Å². The first-order valence-corrected chi connectivity index (χ1v) is 14.7. The Bertz CT molecular complexity index is 1530. The van der Waals surface area contributed by atoms with Gasteiger partial charge in [0.25, 0.3) is 5.56 Å². The van der Waals surface area contributed by atoms with Gasteiger partial charge in [0.1, 0.15) is 10.8 Å². The Hall–Kier alpha value is -2.85. The summed E-state index contributed by atoms with van der Waals surface area (Å²) in [5.74, 6) is 0.393. The molecule has 0 bridgehead atoms. The first kappa shape index (κ1) is 24.8. The maximum absolute atomic E-state index is 12.9. The van der Waals surface area contributed by atoms with Crippen LogP contribution in [0.2, 0.25) is 0 Å². The molecule has 0 unspecified atom stereocenters. The summed E-state index contributed by atoms with van der Waals surface area (Å²) in [6.07, 6.45) is 0. The van der Waals surface area contributed by atoms with Crippen LogP contribution in [-0.4, -0.2) is 49.0 Å². The van der Waals surface area contributed by atoms with E-state index in [1.54, 1.807) is 35.7 Å². The third kappa shape index (κ3) is 5.44. The molecule has 0 radical (unpaired) electrons. The van der Waals surface area contributed by atoms with Gasteiger partial charge in [0.2, 0.25) is 0 Å². The summed E-state index contributed by atoms with van der Waals surface area (Å²) in [6.45, 7) is 8.33. The molecule has 0 spiro atoms. The molecule has 1 fully saturated rings. The van der Waals surface area contributed by atoms with Gasteiger partial charge in [0, 0.05) is 43.1 Å². The number of fused-ring (bicyclic) bond motifs is 1. The molecule has 3 heterocycles. The molecule has 2 aromatic carbocycles. The van der Waals surface area contributed by atoms with Crippen LogP contribution in [0.1, 0.15) is 24.4 Å². The summed E-state index contributed by atoms with van der Waals surface area (Å²) >= 11 is 1.25. The predicted molar refractivity (Wildman–Crippen MR) is 145 cm³/mol. The highest BCUT2D eigenvalue weighted by atomic mass is 32.2. The van der Waals surface area contributed by atoms with Crippen LogP contribution in [-0.2, 0) is 22.1 Å². The number of nitrogens with one attached hydrogen (secondary N) is 2. The Morgan fingerprint density at radius 3 is 2.72 bits per heavy atom.